The smallest absolute Gasteiger partial charge is 0.341 e. The van der Waals surface area contributed by atoms with Crippen molar-refractivity contribution in [2.75, 3.05) is 13.2 Å². The van der Waals surface area contributed by atoms with Gasteiger partial charge in [0.05, 0.1) is 19.0 Å². The van der Waals surface area contributed by atoms with E-state index in [1.54, 1.807) is 13.0 Å². The SMILES string of the molecule is Cc1occc1C(=O)OCCC[C@@H]1CCCO1. The molecule has 0 N–H and O–H groups in total. The molecule has 4 nitrogen and oxygen atoms in total. The molecule has 1 aliphatic rings. The summed E-state index contributed by atoms with van der Waals surface area (Å²) in [5, 5.41) is 0. The van der Waals surface area contributed by atoms with Crippen LogP contribution >= 0.6 is 0 Å². The molecule has 0 aliphatic carbocycles. The third kappa shape index (κ3) is 3.33. The lowest BCUT2D eigenvalue weighted by atomic mass is 10.1. The molecule has 0 radical (unpaired) electrons. The Morgan fingerprint density at radius 1 is 1.59 bits per heavy atom. The van der Waals surface area contributed by atoms with Crippen LogP contribution in [0, 0.1) is 6.92 Å². The maximum Gasteiger partial charge on any atom is 0.341 e. The molecule has 0 aromatic carbocycles. The summed E-state index contributed by atoms with van der Waals surface area (Å²) < 4.78 is 15.7. The Morgan fingerprint density at radius 3 is 3.12 bits per heavy atom. The molecule has 1 fully saturated rings. The van der Waals surface area contributed by atoms with Crippen LogP contribution in [0.4, 0.5) is 0 Å². The number of furan rings is 1. The first-order valence-electron chi connectivity index (χ1n) is 6.10. The van der Waals surface area contributed by atoms with E-state index in [1.165, 1.54) is 6.26 Å². The fourth-order valence-corrected chi connectivity index (χ4v) is 2.02. The highest BCUT2D eigenvalue weighted by molar-refractivity contribution is 5.90. The number of rotatable bonds is 5. The second kappa shape index (κ2) is 5.87. The van der Waals surface area contributed by atoms with Gasteiger partial charge in [0.1, 0.15) is 11.3 Å². The van der Waals surface area contributed by atoms with E-state index in [1.807, 2.05) is 0 Å². The number of aryl methyl sites for hydroxylation is 1. The second-order valence-corrected chi connectivity index (χ2v) is 4.30. The van der Waals surface area contributed by atoms with Gasteiger partial charge < -0.3 is 13.9 Å². The van der Waals surface area contributed by atoms with Crippen molar-refractivity contribution in [2.24, 2.45) is 0 Å². The maximum absolute atomic E-state index is 11.6. The van der Waals surface area contributed by atoms with E-state index in [2.05, 4.69) is 0 Å². The van der Waals surface area contributed by atoms with E-state index in [4.69, 9.17) is 13.9 Å². The van der Waals surface area contributed by atoms with Crippen LogP contribution in [0.1, 0.15) is 41.8 Å². The first-order valence-corrected chi connectivity index (χ1v) is 6.10. The number of esters is 1. The minimum Gasteiger partial charge on any atom is -0.469 e. The highest BCUT2D eigenvalue weighted by atomic mass is 16.5. The van der Waals surface area contributed by atoms with Crippen molar-refractivity contribution in [1.29, 1.82) is 0 Å². The van der Waals surface area contributed by atoms with Crippen molar-refractivity contribution in [2.45, 2.75) is 38.7 Å². The summed E-state index contributed by atoms with van der Waals surface area (Å²) in [5.74, 6) is 0.303. The molecule has 2 heterocycles. The highest BCUT2D eigenvalue weighted by Gasteiger charge is 2.16. The van der Waals surface area contributed by atoms with Gasteiger partial charge in [-0.15, -0.1) is 0 Å². The molecular formula is C13H18O4. The van der Waals surface area contributed by atoms with Crippen LogP contribution in [0.2, 0.25) is 0 Å². The minimum absolute atomic E-state index is 0.302. The molecule has 0 spiro atoms. The molecule has 94 valence electrons. The number of carbonyl (C=O) groups is 1. The molecular weight excluding hydrogens is 220 g/mol. The molecule has 0 unspecified atom stereocenters. The monoisotopic (exact) mass is 238 g/mol. The zero-order valence-corrected chi connectivity index (χ0v) is 10.1. The fraction of sp³-hybridized carbons (Fsp3) is 0.615. The Kier molecular flexibility index (Phi) is 4.20. The molecule has 1 atom stereocenters. The Hall–Kier alpha value is -1.29. The Labute approximate surface area is 101 Å². The predicted octanol–water partition coefficient (Wildman–Crippen LogP) is 2.70. The van der Waals surface area contributed by atoms with Gasteiger partial charge in [-0.25, -0.2) is 4.79 Å². The normalized spacial score (nSPS) is 19.5. The van der Waals surface area contributed by atoms with Gasteiger partial charge >= 0.3 is 5.97 Å². The molecule has 17 heavy (non-hydrogen) atoms. The third-order valence-corrected chi connectivity index (χ3v) is 3.01. The lowest BCUT2D eigenvalue weighted by Crippen LogP contribution is -2.10. The summed E-state index contributed by atoms with van der Waals surface area (Å²) in [4.78, 5) is 11.6. The van der Waals surface area contributed by atoms with Gasteiger partial charge in [0, 0.05) is 6.61 Å². The van der Waals surface area contributed by atoms with Crippen LogP contribution in [0.3, 0.4) is 0 Å². The number of hydrogen-bond acceptors (Lipinski definition) is 4. The van der Waals surface area contributed by atoms with E-state index in [-0.39, 0.29) is 5.97 Å². The Bertz CT molecular complexity index is 363. The number of ether oxygens (including phenoxy) is 2. The topological polar surface area (TPSA) is 48.7 Å². The Morgan fingerprint density at radius 2 is 2.47 bits per heavy atom. The van der Waals surface area contributed by atoms with Crippen molar-refractivity contribution in [3.63, 3.8) is 0 Å². The molecule has 1 saturated heterocycles. The first kappa shape index (κ1) is 12.2. The largest absolute Gasteiger partial charge is 0.469 e. The number of hydrogen-bond donors (Lipinski definition) is 0. The Balaban J connectivity index is 1.65. The molecule has 4 heteroatoms. The highest BCUT2D eigenvalue weighted by Crippen LogP contribution is 2.17. The van der Waals surface area contributed by atoms with E-state index in [0.29, 0.717) is 24.0 Å². The van der Waals surface area contributed by atoms with Gasteiger partial charge in [0.25, 0.3) is 0 Å². The van der Waals surface area contributed by atoms with Crippen molar-refractivity contribution in [3.05, 3.63) is 23.7 Å². The summed E-state index contributed by atoms with van der Waals surface area (Å²) in [6.07, 6.45) is 5.97. The van der Waals surface area contributed by atoms with Gasteiger partial charge in [-0.3, -0.25) is 0 Å². The maximum atomic E-state index is 11.6. The zero-order valence-electron chi connectivity index (χ0n) is 10.1. The van der Waals surface area contributed by atoms with Crippen molar-refractivity contribution in [3.8, 4) is 0 Å². The first-order chi connectivity index (χ1) is 8.27. The summed E-state index contributed by atoms with van der Waals surface area (Å²) in [5.41, 5.74) is 0.516. The summed E-state index contributed by atoms with van der Waals surface area (Å²) in [7, 11) is 0. The summed E-state index contributed by atoms with van der Waals surface area (Å²) in [6, 6.07) is 1.64. The lowest BCUT2D eigenvalue weighted by Gasteiger charge is -2.08. The second-order valence-electron chi connectivity index (χ2n) is 4.30. The standard InChI is InChI=1S/C13H18O4/c1-10-12(6-9-15-10)13(14)17-8-3-5-11-4-2-7-16-11/h6,9,11H,2-5,7-8H2,1H3/t11-/m0/s1. The lowest BCUT2D eigenvalue weighted by molar-refractivity contribution is 0.0459. The van der Waals surface area contributed by atoms with Gasteiger partial charge in [-0.1, -0.05) is 0 Å². The molecule has 2 rings (SSSR count). The van der Waals surface area contributed by atoms with Crippen LogP contribution in [0.5, 0.6) is 0 Å². The molecule has 0 saturated carbocycles. The summed E-state index contributed by atoms with van der Waals surface area (Å²) >= 11 is 0. The van der Waals surface area contributed by atoms with Gasteiger partial charge in [-0.2, -0.15) is 0 Å². The van der Waals surface area contributed by atoms with Gasteiger partial charge in [0.15, 0.2) is 0 Å². The van der Waals surface area contributed by atoms with Crippen LogP contribution in [0.15, 0.2) is 16.7 Å². The zero-order chi connectivity index (χ0) is 12.1. The molecule has 1 aromatic rings. The van der Waals surface area contributed by atoms with Crippen LogP contribution in [-0.2, 0) is 9.47 Å². The van der Waals surface area contributed by atoms with E-state index >= 15 is 0 Å². The fourth-order valence-electron chi connectivity index (χ4n) is 2.02. The molecule has 1 aromatic heterocycles. The van der Waals surface area contributed by atoms with Gasteiger partial charge in [0.2, 0.25) is 0 Å². The van der Waals surface area contributed by atoms with E-state index < -0.39 is 0 Å². The average Bonchev–Trinajstić information content (AvgIpc) is 2.95. The van der Waals surface area contributed by atoms with Crippen LogP contribution in [-0.4, -0.2) is 25.3 Å². The molecule has 0 bridgehead atoms. The van der Waals surface area contributed by atoms with Crippen molar-refractivity contribution < 1.29 is 18.7 Å². The van der Waals surface area contributed by atoms with Gasteiger partial charge in [-0.05, 0) is 38.7 Å². The van der Waals surface area contributed by atoms with Crippen LogP contribution in [0.25, 0.3) is 0 Å². The van der Waals surface area contributed by atoms with E-state index in [9.17, 15) is 4.79 Å². The quantitative estimate of drug-likeness (QED) is 0.584. The average molecular weight is 238 g/mol. The van der Waals surface area contributed by atoms with Crippen LogP contribution < -0.4 is 0 Å². The summed E-state index contributed by atoms with van der Waals surface area (Å²) in [6.45, 7) is 3.07. The predicted molar refractivity (Wildman–Crippen MR) is 61.9 cm³/mol. The van der Waals surface area contributed by atoms with Crippen molar-refractivity contribution in [1.82, 2.24) is 0 Å². The number of carbonyl (C=O) groups excluding carboxylic acids is 1. The third-order valence-electron chi connectivity index (χ3n) is 3.01. The molecule has 0 amide bonds. The van der Waals surface area contributed by atoms with E-state index in [0.717, 1.165) is 32.3 Å². The van der Waals surface area contributed by atoms with Crippen molar-refractivity contribution >= 4 is 5.97 Å². The minimum atomic E-state index is -0.302. The molecule has 1 aliphatic heterocycles.